The van der Waals surface area contributed by atoms with E-state index < -0.39 is 0 Å². The van der Waals surface area contributed by atoms with Crippen molar-refractivity contribution < 1.29 is 14.3 Å². The van der Waals surface area contributed by atoms with Gasteiger partial charge in [0.15, 0.2) is 16.6 Å². The molecule has 2 N–H and O–H groups in total. The Bertz CT molecular complexity index is 1690. The quantitative estimate of drug-likeness (QED) is 0.0817. The molecule has 7 nitrogen and oxygen atoms in total. The van der Waals surface area contributed by atoms with Gasteiger partial charge in [-0.15, -0.1) is 11.3 Å². The van der Waals surface area contributed by atoms with Crippen LogP contribution in [0.25, 0.3) is 11.3 Å². The summed E-state index contributed by atoms with van der Waals surface area (Å²) in [4.78, 5) is 17.4. The molecule has 0 saturated heterocycles. The fourth-order valence-corrected chi connectivity index (χ4v) is 5.67. The fraction of sp³-hybridized carbons (Fsp3) is 0.0938. The normalized spacial score (nSPS) is 10.9. The van der Waals surface area contributed by atoms with E-state index in [0.717, 1.165) is 36.8 Å². The monoisotopic (exact) mass is 708 g/mol. The number of nitrogens with one attached hydrogen (secondary N) is 2. The average molecular weight is 709 g/mol. The summed E-state index contributed by atoms with van der Waals surface area (Å²) in [6.45, 7) is 2.69. The first-order valence-electron chi connectivity index (χ1n) is 13.0. The number of anilines is 2. The van der Waals surface area contributed by atoms with E-state index in [9.17, 15) is 4.79 Å². The Balaban J connectivity index is 1.20. The number of hydrogen-bond acceptors (Lipinski definition) is 7. The van der Waals surface area contributed by atoms with Gasteiger partial charge in [-0.2, -0.15) is 5.10 Å². The van der Waals surface area contributed by atoms with Crippen molar-refractivity contribution >= 4 is 68.5 Å². The second-order valence-corrected chi connectivity index (χ2v) is 11.4. The highest BCUT2D eigenvalue weighted by atomic mass is 127. The lowest BCUT2D eigenvalue weighted by atomic mass is 10.1. The zero-order chi connectivity index (χ0) is 29.3. The summed E-state index contributed by atoms with van der Waals surface area (Å²) in [6, 6.07) is 28.4. The fourth-order valence-electron chi connectivity index (χ4n) is 3.96. The number of benzene rings is 4. The van der Waals surface area contributed by atoms with Crippen LogP contribution in [0, 0.1) is 3.57 Å². The molecule has 0 fully saturated rings. The summed E-state index contributed by atoms with van der Waals surface area (Å²) < 4.78 is 12.8. The number of thiazole rings is 1. The number of hydrazone groups is 1. The molecule has 42 heavy (non-hydrogen) atoms. The van der Waals surface area contributed by atoms with Gasteiger partial charge in [0.2, 0.25) is 0 Å². The summed E-state index contributed by atoms with van der Waals surface area (Å²) >= 11 is 9.99. The Morgan fingerprint density at radius 3 is 2.55 bits per heavy atom. The highest BCUT2D eigenvalue weighted by Crippen LogP contribution is 2.35. The van der Waals surface area contributed by atoms with Crippen LogP contribution in [0.15, 0.2) is 101 Å². The second-order valence-electron chi connectivity index (χ2n) is 8.95. The molecule has 1 amide bonds. The molecule has 0 saturated carbocycles. The van der Waals surface area contributed by atoms with Crippen LogP contribution in [0.4, 0.5) is 10.8 Å². The number of amides is 1. The Hall–Kier alpha value is -3.93. The van der Waals surface area contributed by atoms with Crippen LogP contribution < -0.4 is 20.2 Å². The lowest BCUT2D eigenvalue weighted by Gasteiger charge is -2.15. The molecule has 1 aromatic heterocycles. The Kier molecular flexibility index (Phi) is 10.1. The minimum absolute atomic E-state index is 0.312. The molecule has 0 spiro atoms. The second kappa shape index (κ2) is 14.3. The highest BCUT2D eigenvalue weighted by molar-refractivity contribution is 14.1. The SMILES string of the molecule is CCOc1cc(/C=N\NC(=O)c2ccc(-c3csc(Nc4ccccc4)n3)cc2)cc(I)c1OCc1ccccc1Cl. The van der Waals surface area contributed by atoms with Gasteiger partial charge in [0.05, 0.1) is 22.1 Å². The van der Waals surface area contributed by atoms with Gasteiger partial charge in [0.25, 0.3) is 5.91 Å². The number of rotatable bonds is 11. The predicted molar refractivity (Wildman–Crippen MR) is 178 cm³/mol. The number of nitrogens with zero attached hydrogens (tertiary/aromatic N) is 2. The Labute approximate surface area is 266 Å². The molecule has 0 aliphatic rings. The van der Waals surface area contributed by atoms with Crippen molar-refractivity contribution in [3.63, 3.8) is 0 Å². The van der Waals surface area contributed by atoms with Crippen molar-refractivity contribution in [1.82, 2.24) is 10.4 Å². The van der Waals surface area contributed by atoms with E-state index in [1.54, 1.807) is 18.3 Å². The van der Waals surface area contributed by atoms with E-state index in [1.165, 1.54) is 11.3 Å². The first kappa shape index (κ1) is 29.6. The molecular formula is C32H26ClIN4O3S. The number of halogens is 2. The lowest BCUT2D eigenvalue weighted by Crippen LogP contribution is -2.17. The molecule has 5 rings (SSSR count). The largest absolute Gasteiger partial charge is 0.490 e. The summed E-state index contributed by atoms with van der Waals surface area (Å²) in [5.74, 6) is 0.896. The van der Waals surface area contributed by atoms with E-state index in [2.05, 4.69) is 43.4 Å². The minimum Gasteiger partial charge on any atom is -0.490 e. The maximum atomic E-state index is 12.7. The molecule has 0 radical (unpaired) electrons. The molecule has 0 bridgehead atoms. The zero-order valence-electron chi connectivity index (χ0n) is 22.5. The number of aromatic nitrogens is 1. The number of para-hydroxylation sites is 1. The Morgan fingerprint density at radius 2 is 1.79 bits per heavy atom. The van der Waals surface area contributed by atoms with Crippen molar-refractivity contribution in [3.05, 3.63) is 122 Å². The van der Waals surface area contributed by atoms with Gasteiger partial charge in [-0.05, 0) is 77.5 Å². The van der Waals surface area contributed by atoms with Crippen LogP contribution >= 0.6 is 45.5 Å². The van der Waals surface area contributed by atoms with Crippen molar-refractivity contribution in [2.45, 2.75) is 13.5 Å². The molecule has 0 unspecified atom stereocenters. The number of carbonyl (C=O) groups excluding carboxylic acids is 1. The maximum Gasteiger partial charge on any atom is 0.271 e. The van der Waals surface area contributed by atoms with Gasteiger partial charge >= 0.3 is 0 Å². The first-order chi connectivity index (χ1) is 20.5. The number of hydrogen-bond donors (Lipinski definition) is 2. The molecule has 4 aromatic carbocycles. The first-order valence-corrected chi connectivity index (χ1v) is 15.4. The molecule has 0 aliphatic carbocycles. The molecule has 0 aliphatic heterocycles. The van der Waals surface area contributed by atoms with Gasteiger partial charge in [-0.25, -0.2) is 10.4 Å². The maximum absolute atomic E-state index is 12.7. The van der Waals surface area contributed by atoms with Crippen molar-refractivity contribution in [2.24, 2.45) is 5.10 Å². The van der Waals surface area contributed by atoms with Gasteiger partial charge in [-0.1, -0.05) is 60.1 Å². The molecule has 10 heteroatoms. The van der Waals surface area contributed by atoms with Crippen LogP contribution in [0.5, 0.6) is 11.5 Å². The third kappa shape index (κ3) is 7.67. The average Bonchev–Trinajstić information content (AvgIpc) is 3.47. The predicted octanol–water partition coefficient (Wildman–Crippen LogP) is 8.55. The zero-order valence-corrected chi connectivity index (χ0v) is 26.2. The number of carbonyl (C=O) groups is 1. The molecule has 5 aromatic rings. The van der Waals surface area contributed by atoms with Crippen LogP contribution in [0.1, 0.15) is 28.4 Å². The molecular weight excluding hydrogens is 683 g/mol. The van der Waals surface area contributed by atoms with Crippen molar-refractivity contribution in [2.75, 3.05) is 11.9 Å². The number of ether oxygens (including phenoxy) is 2. The van der Waals surface area contributed by atoms with Gasteiger partial charge < -0.3 is 14.8 Å². The topological polar surface area (TPSA) is 84.8 Å². The summed E-state index contributed by atoms with van der Waals surface area (Å²) in [7, 11) is 0. The van der Waals surface area contributed by atoms with Crippen LogP contribution in [0.3, 0.4) is 0 Å². The van der Waals surface area contributed by atoms with Crippen LogP contribution in [-0.2, 0) is 6.61 Å². The minimum atomic E-state index is -0.318. The molecule has 1 heterocycles. The standard InChI is InChI=1S/C32H26ClIN4O3S/c1-2-40-29-17-21(16-27(34)30(29)41-19-24-8-6-7-11-26(24)33)18-35-38-31(39)23-14-12-22(13-15-23)28-20-42-32(37-28)36-25-9-4-3-5-10-25/h3-18,20H,2,19H2,1H3,(H,36,37)(H,38,39)/b35-18-. The Morgan fingerprint density at radius 1 is 1.02 bits per heavy atom. The third-order valence-corrected chi connectivity index (χ3v) is 7.94. The van der Waals surface area contributed by atoms with E-state index in [-0.39, 0.29) is 5.91 Å². The summed E-state index contributed by atoms with van der Waals surface area (Å²) in [5.41, 5.74) is 7.46. The lowest BCUT2D eigenvalue weighted by molar-refractivity contribution is 0.0955. The van der Waals surface area contributed by atoms with E-state index >= 15 is 0 Å². The smallest absolute Gasteiger partial charge is 0.271 e. The van der Waals surface area contributed by atoms with E-state index in [4.69, 9.17) is 21.1 Å². The van der Waals surface area contributed by atoms with Crippen LogP contribution in [-0.4, -0.2) is 23.7 Å². The van der Waals surface area contributed by atoms with Crippen molar-refractivity contribution in [3.8, 4) is 22.8 Å². The van der Waals surface area contributed by atoms with E-state index in [0.29, 0.717) is 35.3 Å². The van der Waals surface area contributed by atoms with Gasteiger partial charge in [0.1, 0.15) is 6.61 Å². The van der Waals surface area contributed by atoms with Crippen molar-refractivity contribution in [1.29, 1.82) is 0 Å². The third-order valence-electron chi connectivity index (χ3n) is 6.01. The summed E-state index contributed by atoms with van der Waals surface area (Å²) in [6.07, 6.45) is 1.57. The highest BCUT2D eigenvalue weighted by Gasteiger charge is 2.13. The summed E-state index contributed by atoms with van der Waals surface area (Å²) in [5, 5.41) is 10.9. The van der Waals surface area contributed by atoms with E-state index in [1.807, 2.05) is 91.2 Å². The van der Waals surface area contributed by atoms with Gasteiger partial charge in [0, 0.05) is 32.8 Å². The van der Waals surface area contributed by atoms with Gasteiger partial charge in [-0.3, -0.25) is 4.79 Å². The molecule has 0 atom stereocenters. The van der Waals surface area contributed by atoms with Crippen LogP contribution in [0.2, 0.25) is 5.02 Å². The molecule has 212 valence electrons.